The molecule has 0 saturated carbocycles. The summed E-state index contributed by atoms with van der Waals surface area (Å²) in [7, 11) is 0. The van der Waals surface area contributed by atoms with E-state index in [-0.39, 0.29) is 68.4 Å². The average molecular weight is 741 g/mol. The molecule has 12 rings (SSSR count). The van der Waals surface area contributed by atoms with Gasteiger partial charge in [0.1, 0.15) is 11.2 Å². The molecule has 0 N–H and O–H groups in total. The second kappa shape index (κ2) is 12.3. The van der Waals surface area contributed by atoms with E-state index in [1.165, 1.54) is 0 Å². The molecule has 6 nitrogen and oxygen atoms in total. The molecular formula is C51H31N5O. The first-order chi connectivity index (χ1) is 32.8. The molecule has 0 amide bonds. The van der Waals surface area contributed by atoms with Crippen molar-refractivity contribution < 1.29 is 19.5 Å². The Labute approximate surface area is 342 Å². The third-order valence-electron chi connectivity index (χ3n) is 10.4. The summed E-state index contributed by atoms with van der Waals surface area (Å²) in [5.41, 5.74) is 3.57. The molecule has 0 unspecified atom stereocenters. The fourth-order valence-corrected chi connectivity index (χ4v) is 7.93. The van der Waals surface area contributed by atoms with E-state index in [1.54, 1.807) is 9.13 Å². The van der Waals surface area contributed by atoms with E-state index in [9.17, 15) is 5.48 Å². The van der Waals surface area contributed by atoms with E-state index in [0.717, 1.165) is 32.7 Å². The predicted octanol–water partition coefficient (Wildman–Crippen LogP) is 13.0. The summed E-state index contributed by atoms with van der Waals surface area (Å²) < 4.78 is 110. The van der Waals surface area contributed by atoms with Crippen LogP contribution in [0.3, 0.4) is 0 Å². The maximum atomic E-state index is 9.83. The van der Waals surface area contributed by atoms with Crippen LogP contribution in [0.2, 0.25) is 0 Å². The number of aromatic nitrogens is 5. The molecular weight excluding hydrogens is 699 g/mol. The van der Waals surface area contributed by atoms with Crippen LogP contribution in [0.25, 0.3) is 111 Å². The molecule has 57 heavy (non-hydrogen) atoms. The Kier molecular flexibility index (Phi) is 4.88. The number of rotatable bonds is 5. The molecule has 6 heteroatoms. The minimum absolute atomic E-state index is 0.0422. The Bertz CT molecular complexity index is 4100. The minimum atomic E-state index is -0.627. The highest BCUT2D eigenvalue weighted by atomic mass is 16.3. The maximum Gasteiger partial charge on any atom is 0.238 e. The van der Waals surface area contributed by atoms with E-state index >= 15 is 0 Å². The molecule has 0 bridgehead atoms. The van der Waals surface area contributed by atoms with Crippen LogP contribution in [-0.2, 0) is 0 Å². The van der Waals surface area contributed by atoms with Crippen molar-refractivity contribution in [3.8, 4) is 45.5 Å². The van der Waals surface area contributed by atoms with Gasteiger partial charge in [-0.1, -0.05) is 139 Å². The SMILES string of the molecule is [2H]c1c([2H])c([2H])c(-c2nc(-c3c([2H])c([2H])c([2H])c4oc5c([2H])c(-n6c7ccccc7c7ccc(-c8ccccc8)cc76)c([2H])c([2H])c5c34)nc(-n3c4ccccc4c4ccccc43)n2)c([2H])c1[2H]. The average Bonchev–Trinajstić information content (AvgIpc) is 4.03. The van der Waals surface area contributed by atoms with Crippen LogP contribution in [0.1, 0.15) is 15.1 Å². The second-order valence-corrected chi connectivity index (χ2v) is 13.6. The Morgan fingerprint density at radius 1 is 0.439 bits per heavy atom. The standard InChI is InChI=1S/C51H31N5O/c1-3-14-32(15-4-1)34-26-28-39-38-20-7-10-22-42(38)55(45(39)30-34)35-27-29-40-47(31-35)57-46-25-13-21-41(48(40)46)50-52-49(33-16-5-2-6-17-33)53-51(54-50)56-43-23-11-8-18-36(43)37-19-9-12-24-44(37)56/h1-31H/i2D,5D,6D,13D,16D,17D,21D,25D,27D,29D,31D. The molecule has 4 aromatic heterocycles. The van der Waals surface area contributed by atoms with Gasteiger partial charge in [-0.2, -0.15) is 9.97 Å². The van der Waals surface area contributed by atoms with Crippen molar-refractivity contribution in [3.05, 3.63) is 188 Å². The second-order valence-electron chi connectivity index (χ2n) is 13.6. The van der Waals surface area contributed by atoms with Gasteiger partial charge in [0.05, 0.1) is 37.1 Å². The molecule has 8 aromatic carbocycles. The van der Waals surface area contributed by atoms with Crippen LogP contribution in [0.4, 0.5) is 0 Å². The zero-order valence-corrected chi connectivity index (χ0v) is 29.7. The van der Waals surface area contributed by atoms with Gasteiger partial charge in [0.15, 0.2) is 11.6 Å². The van der Waals surface area contributed by atoms with Crippen LogP contribution >= 0.6 is 0 Å². The number of furan rings is 1. The van der Waals surface area contributed by atoms with Gasteiger partial charge in [0.25, 0.3) is 0 Å². The minimum Gasteiger partial charge on any atom is -0.456 e. The highest BCUT2D eigenvalue weighted by Crippen LogP contribution is 2.40. The molecule has 0 aliphatic heterocycles. The fourth-order valence-electron chi connectivity index (χ4n) is 7.93. The summed E-state index contributed by atoms with van der Waals surface area (Å²) >= 11 is 0. The first-order valence-corrected chi connectivity index (χ1v) is 18.2. The molecule has 0 saturated heterocycles. The zero-order valence-electron chi connectivity index (χ0n) is 40.7. The van der Waals surface area contributed by atoms with Crippen molar-refractivity contribution in [2.24, 2.45) is 0 Å². The van der Waals surface area contributed by atoms with Crippen LogP contribution in [-0.4, -0.2) is 24.1 Å². The Balaban J connectivity index is 1.19. The summed E-state index contributed by atoms with van der Waals surface area (Å²) in [5.74, 6) is -0.710. The van der Waals surface area contributed by atoms with Crippen molar-refractivity contribution in [2.45, 2.75) is 0 Å². The molecule has 0 fully saturated rings. The molecule has 0 radical (unpaired) electrons. The highest BCUT2D eigenvalue weighted by molar-refractivity contribution is 6.14. The first-order valence-electron chi connectivity index (χ1n) is 23.7. The van der Waals surface area contributed by atoms with E-state index in [0.29, 0.717) is 22.1 Å². The number of hydrogen-bond donors (Lipinski definition) is 0. The monoisotopic (exact) mass is 740 g/mol. The van der Waals surface area contributed by atoms with Gasteiger partial charge in [-0.25, -0.2) is 4.98 Å². The van der Waals surface area contributed by atoms with Crippen molar-refractivity contribution in [1.29, 1.82) is 0 Å². The molecule has 0 aliphatic rings. The summed E-state index contributed by atoms with van der Waals surface area (Å²) in [6.07, 6.45) is 0. The summed E-state index contributed by atoms with van der Waals surface area (Å²) in [6, 6.07) is 32.7. The van der Waals surface area contributed by atoms with Crippen LogP contribution in [0.15, 0.2) is 192 Å². The van der Waals surface area contributed by atoms with Crippen molar-refractivity contribution in [1.82, 2.24) is 24.1 Å². The largest absolute Gasteiger partial charge is 0.456 e. The lowest BCUT2D eigenvalue weighted by Crippen LogP contribution is -2.06. The number of fused-ring (bicyclic) bond motifs is 9. The van der Waals surface area contributed by atoms with Crippen molar-refractivity contribution in [2.75, 3.05) is 0 Å². The van der Waals surface area contributed by atoms with Gasteiger partial charge >= 0.3 is 0 Å². The summed E-state index contributed by atoms with van der Waals surface area (Å²) in [4.78, 5) is 14.4. The molecule has 266 valence electrons. The normalized spacial score (nSPS) is 14.6. The lowest BCUT2D eigenvalue weighted by atomic mass is 10.0. The van der Waals surface area contributed by atoms with E-state index in [2.05, 4.69) is 0 Å². The number of hydrogen-bond acceptors (Lipinski definition) is 4. The van der Waals surface area contributed by atoms with Gasteiger partial charge in [0.2, 0.25) is 5.95 Å². The Morgan fingerprint density at radius 3 is 1.82 bits per heavy atom. The maximum absolute atomic E-state index is 9.83. The lowest BCUT2D eigenvalue weighted by Gasteiger charge is -2.11. The smallest absolute Gasteiger partial charge is 0.238 e. The Hall–Kier alpha value is -7.83. The van der Waals surface area contributed by atoms with Gasteiger partial charge < -0.3 is 8.98 Å². The van der Waals surface area contributed by atoms with Crippen LogP contribution in [0.5, 0.6) is 0 Å². The molecule has 0 aliphatic carbocycles. The highest BCUT2D eigenvalue weighted by Gasteiger charge is 2.21. The van der Waals surface area contributed by atoms with Crippen LogP contribution in [0, 0.1) is 0 Å². The fraction of sp³-hybridized carbons (Fsp3) is 0. The summed E-state index contributed by atoms with van der Waals surface area (Å²) in [5, 5.41) is 3.22. The van der Waals surface area contributed by atoms with Gasteiger partial charge in [0, 0.05) is 55.2 Å². The predicted molar refractivity (Wildman–Crippen MR) is 232 cm³/mol. The lowest BCUT2D eigenvalue weighted by molar-refractivity contribution is 0.668. The van der Waals surface area contributed by atoms with Gasteiger partial charge in [-0.3, -0.25) is 4.57 Å². The molecule has 0 atom stereocenters. The molecule has 4 heterocycles. The molecule has 12 aromatic rings. The number of benzene rings is 8. The topological polar surface area (TPSA) is 61.7 Å². The van der Waals surface area contributed by atoms with E-state index in [4.69, 9.17) is 29.0 Å². The first kappa shape index (κ1) is 22.5. The molecule has 0 spiro atoms. The number of para-hydroxylation sites is 3. The third kappa shape index (κ3) is 4.87. The Morgan fingerprint density at radius 2 is 1.09 bits per heavy atom. The van der Waals surface area contributed by atoms with E-state index < -0.39 is 54.4 Å². The van der Waals surface area contributed by atoms with Crippen molar-refractivity contribution in [3.63, 3.8) is 0 Å². The van der Waals surface area contributed by atoms with Gasteiger partial charge in [-0.15, -0.1) is 0 Å². The quantitative estimate of drug-likeness (QED) is 0.176. The number of nitrogens with zero attached hydrogens (tertiary/aromatic N) is 5. The summed E-state index contributed by atoms with van der Waals surface area (Å²) in [6.45, 7) is 0. The van der Waals surface area contributed by atoms with E-state index in [1.807, 2.05) is 121 Å². The van der Waals surface area contributed by atoms with Gasteiger partial charge in [-0.05, 0) is 53.5 Å². The third-order valence-corrected chi connectivity index (χ3v) is 10.4. The zero-order chi connectivity index (χ0) is 47.0. The van der Waals surface area contributed by atoms with Crippen molar-refractivity contribution >= 4 is 65.6 Å². The van der Waals surface area contributed by atoms with Crippen LogP contribution < -0.4 is 0 Å².